The van der Waals surface area contributed by atoms with Gasteiger partial charge in [-0.1, -0.05) is 13.8 Å². The van der Waals surface area contributed by atoms with Gasteiger partial charge in [0, 0.05) is 18.8 Å². The van der Waals surface area contributed by atoms with Crippen molar-refractivity contribution in [1.29, 1.82) is 0 Å². The number of benzene rings is 1. The first-order valence-corrected chi connectivity index (χ1v) is 6.68. The molecule has 0 aliphatic carbocycles. The fraction of sp³-hybridized carbons (Fsp3) is 0.571. The zero-order valence-corrected chi connectivity index (χ0v) is 11.7. The van der Waals surface area contributed by atoms with E-state index in [1.807, 2.05) is 13.8 Å². The van der Waals surface area contributed by atoms with Crippen LogP contribution in [0, 0.1) is 5.82 Å². The van der Waals surface area contributed by atoms with Crippen LogP contribution >= 0.6 is 0 Å². The highest BCUT2D eigenvalue weighted by Gasteiger charge is 2.31. The lowest BCUT2D eigenvalue weighted by molar-refractivity contribution is -0.119. The van der Waals surface area contributed by atoms with Crippen molar-refractivity contribution in [2.45, 2.75) is 33.0 Å². The minimum Gasteiger partial charge on any atom is -0.362 e. The Morgan fingerprint density at radius 2 is 1.90 bits per heavy atom. The lowest BCUT2D eigenvalue weighted by Gasteiger charge is -2.28. The lowest BCUT2D eigenvalue weighted by atomic mass is 10.1. The fourth-order valence-electron chi connectivity index (χ4n) is 2.03. The number of nitrogens with one attached hydrogen (secondary N) is 1. The van der Waals surface area contributed by atoms with Gasteiger partial charge in [0.05, 0.1) is 0 Å². The molecule has 0 aromatic heterocycles. The van der Waals surface area contributed by atoms with Gasteiger partial charge in [0.2, 0.25) is 0 Å². The van der Waals surface area contributed by atoms with Gasteiger partial charge in [0.1, 0.15) is 12.4 Å². The molecule has 0 heterocycles. The Kier molecular flexibility index (Phi) is 6.26. The number of hydrogen-bond donors (Lipinski definition) is 1. The predicted molar refractivity (Wildman–Crippen MR) is 72.3 cm³/mol. The molecule has 20 heavy (non-hydrogen) atoms. The van der Waals surface area contributed by atoms with Crippen LogP contribution in [0.1, 0.15) is 25.8 Å². The summed E-state index contributed by atoms with van der Waals surface area (Å²) in [6.45, 7) is 3.98. The second kappa shape index (κ2) is 7.47. The van der Waals surface area contributed by atoms with Crippen molar-refractivity contribution in [3.05, 3.63) is 29.6 Å². The van der Waals surface area contributed by atoms with Crippen LogP contribution in [-0.4, -0.2) is 25.8 Å². The van der Waals surface area contributed by atoms with E-state index in [0.717, 1.165) is 0 Å². The first-order valence-electron chi connectivity index (χ1n) is 6.68. The number of rotatable bonds is 7. The smallest absolute Gasteiger partial charge is 0.362 e. The van der Waals surface area contributed by atoms with E-state index in [9.17, 15) is 17.6 Å². The summed E-state index contributed by atoms with van der Waals surface area (Å²) in [7, 11) is 0. The Bertz CT molecular complexity index is 418. The molecule has 114 valence electrons. The lowest BCUT2D eigenvalue weighted by Crippen LogP contribution is -2.35. The summed E-state index contributed by atoms with van der Waals surface area (Å²) in [5.41, 5.74) is 0.982. The number of anilines is 1. The van der Waals surface area contributed by atoms with Crippen molar-refractivity contribution in [2.75, 3.05) is 24.5 Å². The summed E-state index contributed by atoms with van der Waals surface area (Å²) in [4.78, 5) is 1.26. The van der Waals surface area contributed by atoms with Gasteiger partial charge in [0.25, 0.3) is 0 Å². The van der Waals surface area contributed by atoms with Gasteiger partial charge in [-0.15, -0.1) is 0 Å². The zero-order valence-electron chi connectivity index (χ0n) is 11.7. The van der Waals surface area contributed by atoms with Gasteiger partial charge in [-0.3, -0.25) is 0 Å². The maximum atomic E-state index is 13.3. The summed E-state index contributed by atoms with van der Waals surface area (Å²) in [6.07, 6.45) is -3.69. The van der Waals surface area contributed by atoms with Gasteiger partial charge in [-0.05, 0) is 36.7 Å². The molecule has 6 heteroatoms. The molecule has 0 aliphatic rings. The predicted octanol–water partition coefficient (Wildman–Crippen LogP) is 3.71. The van der Waals surface area contributed by atoms with Crippen LogP contribution in [-0.2, 0) is 6.54 Å². The van der Waals surface area contributed by atoms with Crippen molar-refractivity contribution in [3.8, 4) is 0 Å². The molecule has 0 fully saturated rings. The number of halogens is 4. The van der Waals surface area contributed by atoms with E-state index in [1.54, 1.807) is 0 Å². The molecule has 0 saturated heterocycles. The molecule has 0 unspecified atom stereocenters. The van der Waals surface area contributed by atoms with E-state index in [0.29, 0.717) is 30.8 Å². The van der Waals surface area contributed by atoms with Crippen LogP contribution in [0.5, 0.6) is 0 Å². The second-order valence-electron chi connectivity index (χ2n) is 4.59. The van der Waals surface area contributed by atoms with Gasteiger partial charge in [-0.25, -0.2) is 4.39 Å². The van der Waals surface area contributed by atoms with Crippen LogP contribution in [0.25, 0.3) is 0 Å². The maximum absolute atomic E-state index is 13.3. The molecular weight excluding hydrogens is 272 g/mol. The monoisotopic (exact) mass is 292 g/mol. The molecule has 2 nitrogen and oxygen atoms in total. The van der Waals surface area contributed by atoms with Crippen LogP contribution in [0.15, 0.2) is 18.2 Å². The third-order valence-corrected chi connectivity index (χ3v) is 2.81. The quantitative estimate of drug-likeness (QED) is 0.771. The van der Waals surface area contributed by atoms with Gasteiger partial charge < -0.3 is 10.2 Å². The molecule has 0 bridgehead atoms. The highest BCUT2D eigenvalue weighted by Crippen LogP contribution is 2.26. The minimum atomic E-state index is -4.28. The Balaban J connectivity index is 3.04. The summed E-state index contributed by atoms with van der Waals surface area (Å²) < 4.78 is 51.2. The molecule has 0 spiro atoms. The molecule has 0 radical (unpaired) electrons. The molecule has 0 aliphatic heterocycles. The number of nitrogens with zero attached hydrogens (tertiary/aromatic N) is 1. The van der Waals surface area contributed by atoms with E-state index < -0.39 is 18.5 Å². The molecular formula is C14H20F4N2. The third-order valence-electron chi connectivity index (χ3n) is 2.81. The standard InChI is InChI=1S/C14H20F4N2/c1-3-7-20(10-14(16,17)18)13-6-5-12(15)8-11(13)9-19-4-2/h5-6,8,19H,3-4,7,9-10H2,1-2H3. The van der Waals surface area contributed by atoms with Crippen molar-refractivity contribution in [1.82, 2.24) is 5.32 Å². The minimum absolute atomic E-state index is 0.282. The van der Waals surface area contributed by atoms with Gasteiger partial charge >= 0.3 is 6.18 Å². The molecule has 0 atom stereocenters. The van der Waals surface area contributed by atoms with E-state index in [1.165, 1.54) is 23.1 Å². The SMILES string of the molecule is CCCN(CC(F)(F)F)c1ccc(F)cc1CNCC. The average Bonchev–Trinajstić information content (AvgIpc) is 2.34. The van der Waals surface area contributed by atoms with E-state index >= 15 is 0 Å². The van der Waals surface area contributed by atoms with Crippen molar-refractivity contribution in [3.63, 3.8) is 0 Å². The topological polar surface area (TPSA) is 15.3 Å². The number of alkyl halides is 3. The normalized spacial score (nSPS) is 11.7. The largest absolute Gasteiger partial charge is 0.405 e. The van der Waals surface area contributed by atoms with E-state index in [4.69, 9.17) is 0 Å². The first-order chi connectivity index (χ1) is 9.37. The first kappa shape index (κ1) is 16.8. The molecule has 1 rings (SSSR count). The van der Waals surface area contributed by atoms with Crippen molar-refractivity contribution >= 4 is 5.69 Å². The van der Waals surface area contributed by atoms with Gasteiger partial charge in [-0.2, -0.15) is 13.2 Å². The Morgan fingerprint density at radius 3 is 2.45 bits per heavy atom. The summed E-state index contributed by atoms with van der Waals surface area (Å²) in [5, 5.41) is 3.02. The van der Waals surface area contributed by atoms with Gasteiger partial charge in [0.15, 0.2) is 0 Å². The highest BCUT2D eigenvalue weighted by atomic mass is 19.4. The van der Waals surface area contributed by atoms with Crippen molar-refractivity contribution < 1.29 is 17.6 Å². The zero-order chi connectivity index (χ0) is 15.2. The Morgan fingerprint density at radius 1 is 1.20 bits per heavy atom. The Hall–Kier alpha value is -1.30. The van der Waals surface area contributed by atoms with Crippen LogP contribution < -0.4 is 10.2 Å². The van der Waals surface area contributed by atoms with Crippen LogP contribution in [0.2, 0.25) is 0 Å². The average molecular weight is 292 g/mol. The van der Waals surface area contributed by atoms with E-state index in [2.05, 4.69) is 5.32 Å². The molecule has 0 saturated carbocycles. The third kappa shape index (κ3) is 5.36. The molecule has 1 aromatic carbocycles. The van der Waals surface area contributed by atoms with Crippen molar-refractivity contribution in [2.24, 2.45) is 0 Å². The molecule has 1 aromatic rings. The summed E-state index contributed by atoms with van der Waals surface area (Å²) in [6, 6.07) is 3.91. The summed E-state index contributed by atoms with van der Waals surface area (Å²) in [5.74, 6) is -0.440. The molecule has 0 amide bonds. The van der Waals surface area contributed by atoms with Crippen LogP contribution in [0.4, 0.5) is 23.2 Å². The maximum Gasteiger partial charge on any atom is 0.405 e. The Labute approximate surface area is 116 Å². The molecule has 1 N–H and O–H groups in total. The highest BCUT2D eigenvalue weighted by molar-refractivity contribution is 5.54. The number of hydrogen-bond acceptors (Lipinski definition) is 2. The second-order valence-corrected chi connectivity index (χ2v) is 4.59. The fourth-order valence-corrected chi connectivity index (χ4v) is 2.03. The van der Waals surface area contributed by atoms with E-state index in [-0.39, 0.29) is 6.54 Å². The summed E-state index contributed by atoms with van der Waals surface area (Å²) >= 11 is 0. The van der Waals surface area contributed by atoms with Crippen LogP contribution in [0.3, 0.4) is 0 Å².